The van der Waals surface area contributed by atoms with Gasteiger partial charge >= 0.3 is 12.0 Å². The lowest BCUT2D eigenvalue weighted by Gasteiger charge is -2.35. The summed E-state index contributed by atoms with van der Waals surface area (Å²) >= 11 is 0. The zero-order valence-corrected chi connectivity index (χ0v) is 15.6. The van der Waals surface area contributed by atoms with E-state index in [4.69, 9.17) is 9.84 Å². The van der Waals surface area contributed by atoms with Crippen molar-refractivity contribution >= 4 is 12.0 Å². The molecule has 144 valence electrons. The number of morpholine rings is 1. The lowest BCUT2D eigenvalue weighted by Crippen LogP contribution is -2.52. The molecule has 7 heteroatoms. The van der Waals surface area contributed by atoms with E-state index in [2.05, 4.69) is 12.2 Å². The maximum Gasteiger partial charge on any atom is 0.317 e. The number of amides is 2. The van der Waals surface area contributed by atoms with Gasteiger partial charge in [-0.05, 0) is 25.3 Å². The van der Waals surface area contributed by atoms with Crippen molar-refractivity contribution in [2.45, 2.75) is 45.1 Å². The second-order valence-corrected chi connectivity index (χ2v) is 7.57. The molecule has 2 rings (SSSR count). The molecule has 3 atom stereocenters. The predicted molar refractivity (Wildman–Crippen MR) is 95.6 cm³/mol. The fourth-order valence-corrected chi connectivity index (χ4v) is 3.96. The Balaban J connectivity index is 1.69. The molecule has 1 saturated heterocycles. The monoisotopic (exact) mass is 355 g/mol. The fraction of sp³-hybridized carbons (Fsp3) is 0.889. The Morgan fingerprint density at radius 3 is 2.80 bits per heavy atom. The molecule has 2 aliphatic rings. The second kappa shape index (κ2) is 9.97. The molecule has 2 fully saturated rings. The van der Waals surface area contributed by atoms with Crippen LogP contribution < -0.4 is 5.32 Å². The van der Waals surface area contributed by atoms with Crippen molar-refractivity contribution in [1.82, 2.24) is 15.1 Å². The zero-order valence-electron chi connectivity index (χ0n) is 15.6. The maximum atomic E-state index is 12.4. The SMILES string of the molecule is CC1CCCCC1CCNC(=O)N1CCOC(CN(C)CC(=O)O)C1. The first-order valence-electron chi connectivity index (χ1n) is 9.50. The molecule has 3 unspecified atom stereocenters. The summed E-state index contributed by atoms with van der Waals surface area (Å²) in [5, 5.41) is 11.9. The van der Waals surface area contributed by atoms with Crippen LogP contribution in [-0.4, -0.2) is 79.4 Å². The number of urea groups is 1. The van der Waals surface area contributed by atoms with Crippen LogP contribution in [-0.2, 0) is 9.53 Å². The molecule has 7 nitrogen and oxygen atoms in total. The number of aliphatic carboxylic acids is 1. The summed E-state index contributed by atoms with van der Waals surface area (Å²) < 4.78 is 5.67. The minimum Gasteiger partial charge on any atom is -0.480 e. The van der Waals surface area contributed by atoms with Crippen molar-refractivity contribution in [1.29, 1.82) is 0 Å². The number of carbonyl (C=O) groups is 2. The minimum atomic E-state index is -0.857. The molecule has 1 heterocycles. The van der Waals surface area contributed by atoms with Gasteiger partial charge in [-0.3, -0.25) is 9.69 Å². The van der Waals surface area contributed by atoms with E-state index in [1.54, 1.807) is 16.8 Å². The van der Waals surface area contributed by atoms with E-state index in [1.165, 1.54) is 25.7 Å². The number of carbonyl (C=O) groups excluding carboxylic acids is 1. The van der Waals surface area contributed by atoms with Crippen LogP contribution in [0.1, 0.15) is 39.0 Å². The molecule has 2 amide bonds. The average Bonchev–Trinajstić information content (AvgIpc) is 2.56. The molecule has 1 aliphatic heterocycles. The lowest BCUT2D eigenvalue weighted by molar-refractivity contribution is -0.138. The molecule has 1 aliphatic carbocycles. The van der Waals surface area contributed by atoms with Gasteiger partial charge in [-0.2, -0.15) is 0 Å². The van der Waals surface area contributed by atoms with Crippen molar-refractivity contribution < 1.29 is 19.4 Å². The van der Waals surface area contributed by atoms with E-state index >= 15 is 0 Å². The third-order valence-electron chi connectivity index (χ3n) is 5.43. The summed E-state index contributed by atoms with van der Waals surface area (Å²) in [6.45, 7) is 5.14. The molecule has 0 aromatic carbocycles. The van der Waals surface area contributed by atoms with Crippen LogP contribution >= 0.6 is 0 Å². The summed E-state index contributed by atoms with van der Waals surface area (Å²) in [5.74, 6) is 0.643. The van der Waals surface area contributed by atoms with E-state index in [0.29, 0.717) is 26.2 Å². The Morgan fingerprint density at radius 2 is 2.08 bits per heavy atom. The van der Waals surface area contributed by atoms with Crippen molar-refractivity contribution in [3.63, 3.8) is 0 Å². The van der Waals surface area contributed by atoms with Crippen LogP contribution in [0.25, 0.3) is 0 Å². The Hall–Kier alpha value is -1.34. The molecule has 0 aromatic rings. The first kappa shape index (κ1) is 20.0. The second-order valence-electron chi connectivity index (χ2n) is 7.57. The maximum absolute atomic E-state index is 12.4. The number of nitrogens with one attached hydrogen (secondary N) is 1. The standard InChI is InChI=1S/C18H33N3O4/c1-14-5-3-4-6-15(14)7-8-19-18(24)21-9-10-25-16(12-21)11-20(2)13-17(22)23/h14-16H,3-13H2,1-2H3,(H,19,24)(H,22,23). The molecule has 2 N–H and O–H groups in total. The van der Waals surface area contributed by atoms with Crippen LogP contribution in [0.4, 0.5) is 4.79 Å². The third-order valence-corrected chi connectivity index (χ3v) is 5.43. The van der Waals surface area contributed by atoms with E-state index in [0.717, 1.165) is 24.8 Å². The Morgan fingerprint density at radius 1 is 1.32 bits per heavy atom. The van der Waals surface area contributed by atoms with Gasteiger partial charge in [0.15, 0.2) is 0 Å². The van der Waals surface area contributed by atoms with Gasteiger partial charge in [0.25, 0.3) is 0 Å². The molecule has 0 radical (unpaired) electrons. The van der Waals surface area contributed by atoms with Gasteiger partial charge < -0.3 is 20.1 Å². The molecular formula is C18H33N3O4. The molecule has 0 spiro atoms. The van der Waals surface area contributed by atoms with Crippen LogP contribution in [0.15, 0.2) is 0 Å². The van der Waals surface area contributed by atoms with Gasteiger partial charge in [0.1, 0.15) is 0 Å². The van der Waals surface area contributed by atoms with Gasteiger partial charge in [0, 0.05) is 26.2 Å². The van der Waals surface area contributed by atoms with Gasteiger partial charge in [-0.15, -0.1) is 0 Å². The first-order valence-corrected chi connectivity index (χ1v) is 9.50. The first-order chi connectivity index (χ1) is 12.0. The number of carboxylic acids is 1. The van der Waals surface area contributed by atoms with Gasteiger partial charge in [0.2, 0.25) is 0 Å². The van der Waals surface area contributed by atoms with Crippen molar-refractivity contribution in [3.05, 3.63) is 0 Å². The lowest BCUT2D eigenvalue weighted by atomic mass is 9.79. The largest absolute Gasteiger partial charge is 0.480 e. The van der Waals surface area contributed by atoms with E-state index < -0.39 is 5.97 Å². The highest BCUT2D eigenvalue weighted by Crippen LogP contribution is 2.31. The van der Waals surface area contributed by atoms with Crippen LogP contribution in [0.5, 0.6) is 0 Å². The highest BCUT2D eigenvalue weighted by Gasteiger charge is 2.26. The molecule has 0 bridgehead atoms. The predicted octanol–water partition coefficient (Wildman–Crippen LogP) is 1.63. The normalized spacial score (nSPS) is 27.3. The smallest absolute Gasteiger partial charge is 0.317 e. The van der Waals surface area contributed by atoms with Crippen LogP contribution in [0.2, 0.25) is 0 Å². The van der Waals surface area contributed by atoms with Crippen molar-refractivity contribution in [2.75, 3.05) is 46.4 Å². The fourth-order valence-electron chi connectivity index (χ4n) is 3.96. The number of likely N-dealkylation sites (N-methyl/N-ethyl adjacent to an activating group) is 1. The highest BCUT2D eigenvalue weighted by atomic mass is 16.5. The number of hydrogen-bond acceptors (Lipinski definition) is 4. The van der Waals surface area contributed by atoms with Crippen LogP contribution in [0.3, 0.4) is 0 Å². The van der Waals surface area contributed by atoms with Gasteiger partial charge in [0.05, 0.1) is 19.3 Å². The van der Waals surface area contributed by atoms with Crippen molar-refractivity contribution in [3.8, 4) is 0 Å². The molecule has 25 heavy (non-hydrogen) atoms. The summed E-state index contributed by atoms with van der Waals surface area (Å²) in [6.07, 6.45) is 6.18. The topological polar surface area (TPSA) is 82.1 Å². The zero-order chi connectivity index (χ0) is 18.2. The summed E-state index contributed by atoms with van der Waals surface area (Å²) in [5.41, 5.74) is 0. The number of rotatable bonds is 7. The average molecular weight is 355 g/mol. The van der Waals surface area contributed by atoms with Gasteiger partial charge in [-0.25, -0.2) is 4.79 Å². The molecule has 1 saturated carbocycles. The van der Waals surface area contributed by atoms with E-state index in [-0.39, 0.29) is 18.7 Å². The Kier molecular flexibility index (Phi) is 7.96. The van der Waals surface area contributed by atoms with E-state index in [9.17, 15) is 9.59 Å². The van der Waals surface area contributed by atoms with Gasteiger partial charge in [-0.1, -0.05) is 32.6 Å². The van der Waals surface area contributed by atoms with Crippen molar-refractivity contribution in [2.24, 2.45) is 11.8 Å². The number of carboxylic acid groups (broad SMARTS) is 1. The number of hydrogen-bond donors (Lipinski definition) is 2. The molecular weight excluding hydrogens is 322 g/mol. The van der Waals surface area contributed by atoms with Crippen LogP contribution in [0, 0.1) is 11.8 Å². The number of ether oxygens (including phenoxy) is 1. The van der Waals surface area contributed by atoms with E-state index in [1.807, 2.05) is 0 Å². The highest BCUT2D eigenvalue weighted by molar-refractivity contribution is 5.74. The number of nitrogens with zero attached hydrogens (tertiary/aromatic N) is 2. The molecule has 0 aromatic heterocycles. The quantitative estimate of drug-likeness (QED) is 0.725. The summed E-state index contributed by atoms with van der Waals surface area (Å²) in [6, 6.07) is -0.0300. The summed E-state index contributed by atoms with van der Waals surface area (Å²) in [7, 11) is 1.75. The Bertz CT molecular complexity index is 446. The third kappa shape index (κ3) is 6.82. The summed E-state index contributed by atoms with van der Waals surface area (Å²) in [4.78, 5) is 26.6. The Labute approximate surface area is 150 Å². The minimum absolute atomic E-state index is 0.0222.